The third kappa shape index (κ3) is 8.91. The van der Waals surface area contributed by atoms with Crippen molar-refractivity contribution in [1.29, 1.82) is 0 Å². The summed E-state index contributed by atoms with van der Waals surface area (Å²) in [6.45, 7) is 6.54. The summed E-state index contributed by atoms with van der Waals surface area (Å²) < 4.78 is 97.3. The molecule has 42 heavy (non-hydrogen) atoms. The first-order chi connectivity index (χ1) is 19.8. The van der Waals surface area contributed by atoms with E-state index in [1.54, 1.807) is 48.5 Å². The van der Waals surface area contributed by atoms with Crippen molar-refractivity contribution in [3.63, 3.8) is 0 Å². The van der Waals surface area contributed by atoms with Gasteiger partial charge in [0.1, 0.15) is 14.9 Å². The number of hydrogen-bond donors (Lipinski definition) is 1. The molecule has 0 aliphatic carbocycles. The molecule has 0 aliphatic heterocycles. The van der Waals surface area contributed by atoms with E-state index in [0.717, 1.165) is 0 Å². The average Bonchev–Trinajstić information content (AvgIpc) is 3.00. The Balaban J connectivity index is 0.000000431. The molecule has 0 amide bonds. The van der Waals surface area contributed by atoms with Gasteiger partial charge in [0.05, 0.1) is 0 Å². The Bertz CT molecular complexity index is 1520. The van der Waals surface area contributed by atoms with Crippen molar-refractivity contribution < 1.29 is 47.7 Å². The van der Waals surface area contributed by atoms with Gasteiger partial charge in [0.25, 0.3) is 0 Å². The standard InChI is InChI=1S/C20H14F5N2O2S.C10H14.ClH.Ru/c21-13-14(22)16(24)20(17(25)15(13)23)30(28,29)27-19(12-9-5-2-6-10-12)18(26)11-7-3-1-4-8-11;1-8(2)10-6-4-9(3)5-7-10;;/h1-10,18-19H,26H2;4-8H,1-3H3;1H;/q-1;;;+3/p-1/t18-,19-;;;/m1.../s1. The molecule has 0 aliphatic rings. The van der Waals surface area contributed by atoms with Gasteiger partial charge < -0.3 is 10.5 Å². The van der Waals surface area contributed by atoms with Crippen LogP contribution in [0.1, 0.15) is 54.1 Å². The number of hydrogen-bond acceptors (Lipinski definition) is 3. The summed E-state index contributed by atoms with van der Waals surface area (Å²) in [5.74, 6) is -11.6. The Kier molecular flexibility index (Phi) is 13.7. The van der Waals surface area contributed by atoms with E-state index in [2.05, 4.69) is 59.4 Å². The quantitative estimate of drug-likeness (QED) is 0.0903. The maximum atomic E-state index is 14.1. The Hall–Kier alpha value is -2.69. The van der Waals surface area contributed by atoms with E-state index in [9.17, 15) is 30.4 Å². The summed E-state index contributed by atoms with van der Waals surface area (Å²) in [6, 6.07) is 22.1. The van der Waals surface area contributed by atoms with Gasteiger partial charge in [0.2, 0.25) is 5.82 Å². The van der Waals surface area contributed by atoms with Crippen molar-refractivity contribution in [2.45, 2.75) is 43.7 Å². The van der Waals surface area contributed by atoms with E-state index in [4.69, 9.17) is 5.73 Å². The summed E-state index contributed by atoms with van der Waals surface area (Å²) in [5.41, 5.74) is 9.63. The number of aryl methyl sites for hydroxylation is 1. The Morgan fingerprint density at radius 2 is 1.07 bits per heavy atom. The molecule has 0 fully saturated rings. The van der Waals surface area contributed by atoms with Gasteiger partial charge in [-0.15, -0.1) is 0 Å². The zero-order valence-electron chi connectivity index (χ0n) is 22.7. The molecule has 4 aromatic rings. The van der Waals surface area contributed by atoms with E-state index in [0.29, 0.717) is 11.5 Å². The van der Waals surface area contributed by atoms with Gasteiger partial charge in [-0.05, 0) is 24.0 Å². The average molecular weight is 712 g/mol. The van der Waals surface area contributed by atoms with E-state index < -0.39 is 56.1 Å². The Morgan fingerprint density at radius 1 is 0.667 bits per heavy atom. The van der Waals surface area contributed by atoms with Crippen molar-refractivity contribution >= 4 is 19.7 Å². The molecule has 0 radical (unpaired) electrons. The number of benzene rings is 4. The molecule has 0 heterocycles. The number of sulfonamides is 1. The Morgan fingerprint density at radius 3 is 1.50 bits per heavy atom. The summed E-state index contributed by atoms with van der Waals surface area (Å²) in [5, 5.41) is 0. The van der Waals surface area contributed by atoms with Crippen LogP contribution in [0, 0.1) is 36.0 Å². The van der Waals surface area contributed by atoms with Gasteiger partial charge in [0.15, 0.2) is 23.3 Å². The summed E-state index contributed by atoms with van der Waals surface area (Å²) in [4.78, 5) is -2.03. The second kappa shape index (κ2) is 16.2. The first kappa shape index (κ1) is 35.5. The van der Waals surface area contributed by atoms with E-state index in [1.165, 1.54) is 23.3 Å². The summed E-state index contributed by atoms with van der Waals surface area (Å²) in [7, 11) is -0.767. The SMILES string of the molecule is Cc1ccc(C(C)C)cc1.N[C@H](c1ccccc1)[C@H]([N-]S(=O)(=O)c1c(F)c(F)c(F)c(F)c1F)c1ccccc1.[Cl][Ru+2]. The fraction of sp³-hybridized carbons (Fsp3) is 0.200. The molecule has 2 N–H and O–H groups in total. The molecule has 2 atom stereocenters. The van der Waals surface area contributed by atoms with Gasteiger partial charge in [0, 0.05) is 6.04 Å². The normalized spacial score (nSPS) is 12.5. The third-order valence-electron chi connectivity index (χ3n) is 6.09. The third-order valence-corrected chi connectivity index (χ3v) is 7.47. The van der Waals surface area contributed by atoms with Crippen LogP contribution in [0.25, 0.3) is 4.72 Å². The molecule has 4 rings (SSSR count). The van der Waals surface area contributed by atoms with E-state index in [-0.39, 0.29) is 5.56 Å². The molecule has 12 heteroatoms. The van der Waals surface area contributed by atoms with Crippen molar-refractivity contribution in [3.8, 4) is 0 Å². The predicted octanol–water partition coefficient (Wildman–Crippen LogP) is 8.69. The maximum absolute atomic E-state index is 14.1. The molecular formula is C30H28ClF5N2O2RuS+. The van der Waals surface area contributed by atoms with Crippen LogP contribution in [0.3, 0.4) is 0 Å². The van der Waals surface area contributed by atoms with Gasteiger partial charge in [-0.25, -0.2) is 30.4 Å². The van der Waals surface area contributed by atoms with E-state index >= 15 is 0 Å². The minimum absolute atomic E-state index is 0.265. The van der Waals surface area contributed by atoms with Crippen molar-refractivity contribution in [2.24, 2.45) is 5.73 Å². The first-order valence-corrected chi connectivity index (χ1v) is 16.1. The predicted molar refractivity (Wildman–Crippen MR) is 150 cm³/mol. The zero-order chi connectivity index (χ0) is 31.6. The number of nitrogens with two attached hydrogens (primary N) is 1. The van der Waals surface area contributed by atoms with Crippen molar-refractivity contribution in [3.05, 3.63) is 141 Å². The van der Waals surface area contributed by atoms with Crippen LogP contribution in [-0.2, 0) is 27.3 Å². The molecule has 225 valence electrons. The summed E-state index contributed by atoms with van der Waals surface area (Å²) >= 11 is 1.82. The Labute approximate surface area is 256 Å². The van der Waals surface area contributed by atoms with Crippen LogP contribution in [0.5, 0.6) is 0 Å². The monoisotopic (exact) mass is 712 g/mol. The van der Waals surface area contributed by atoms with Crippen LogP contribution < -0.4 is 5.73 Å². The minimum atomic E-state index is -5.34. The number of rotatable bonds is 7. The molecular weight excluding hydrogens is 684 g/mol. The van der Waals surface area contributed by atoms with Gasteiger partial charge in [-0.1, -0.05) is 116 Å². The molecule has 4 aromatic carbocycles. The fourth-order valence-corrected chi connectivity index (χ4v) is 5.10. The van der Waals surface area contributed by atoms with Gasteiger partial charge in [-0.2, -0.15) is 0 Å². The van der Waals surface area contributed by atoms with Crippen molar-refractivity contribution in [2.75, 3.05) is 0 Å². The van der Waals surface area contributed by atoms with Crippen LogP contribution in [0.4, 0.5) is 22.0 Å². The number of halogens is 6. The zero-order valence-corrected chi connectivity index (χ0v) is 26.0. The van der Waals surface area contributed by atoms with Gasteiger partial charge in [-0.3, -0.25) is 0 Å². The van der Waals surface area contributed by atoms with Crippen LogP contribution in [0.15, 0.2) is 89.8 Å². The molecule has 0 spiro atoms. The van der Waals surface area contributed by atoms with Crippen LogP contribution >= 0.6 is 9.69 Å². The molecule has 0 saturated heterocycles. The topological polar surface area (TPSA) is 74.3 Å². The molecule has 0 bridgehead atoms. The summed E-state index contributed by atoms with van der Waals surface area (Å²) in [6.07, 6.45) is 0. The second-order valence-electron chi connectivity index (χ2n) is 9.34. The molecule has 4 nitrogen and oxygen atoms in total. The van der Waals surface area contributed by atoms with Crippen LogP contribution in [-0.4, -0.2) is 8.42 Å². The fourth-order valence-electron chi connectivity index (χ4n) is 3.81. The van der Waals surface area contributed by atoms with Crippen LogP contribution in [0.2, 0.25) is 0 Å². The van der Waals surface area contributed by atoms with Crippen molar-refractivity contribution in [1.82, 2.24) is 0 Å². The van der Waals surface area contributed by atoms with E-state index in [1.807, 2.05) is 17.3 Å². The molecule has 0 saturated carbocycles. The second-order valence-corrected chi connectivity index (χ2v) is 10.9. The molecule has 0 unspecified atom stereocenters. The first-order valence-electron chi connectivity index (χ1n) is 12.4. The number of nitrogens with zero attached hydrogens (tertiary/aromatic N) is 1. The molecule has 0 aromatic heterocycles. The van der Waals surface area contributed by atoms with Gasteiger partial charge >= 0.3 is 27.0 Å².